The molecule has 1 aromatic carbocycles. The molecule has 1 aromatic rings. The molecule has 1 unspecified atom stereocenters. The Bertz CT molecular complexity index is 538. The molecular weight excluding hydrogens is 270 g/mol. The Morgan fingerprint density at radius 2 is 1.84 bits per heavy atom. The van der Waals surface area contributed by atoms with Crippen LogP contribution in [-0.2, 0) is 19.6 Å². The average molecular weight is 287 g/mol. The van der Waals surface area contributed by atoms with Gasteiger partial charge in [0.2, 0.25) is 10.0 Å². The van der Waals surface area contributed by atoms with Gasteiger partial charge in [-0.1, -0.05) is 18.2 Å². The first-order chi connectivity index (χ1) is 8.71. The predicted molar refractivity (Wildman–Crippen MR) is 68.6 cm³/mol. The van der Waals surface area contributed by atoms with Gasteiger partial charge in [0.25, 0.3) is 0 Å². The summed E-state index contributed by atoms with van der Waals surface area (Å²) in [6.07, 6.45) is -1.59. The number of benzene rings is 1. The Balaban J connectivity index is 2.94. The van der Waals surface area contributed by atoms with Crippen LogP contribution >= 0.6 is 0 Å². The molecule has 0 fully saturated rings. The summed E-state index contributed by atoms with van der Waals surface area (Å²) in [5.41, 5.74) is -1.39. The number of hydrogen-bond donors (Lipinski definition) is 2. The molecule has 0 saturated carbocycles. The average Bonchev–Trinajstić information content (AvgIpc) is 2.38. The molecule has 0 bridgehead atoms. The summed E-state index contributed by atoms with van der Waals surface area (Å²) in [6, 6.07) is 7.58. The van der Waals surface area contributed by atoms with Crippen LogP contribution in [0.2, 0.25) is 0 Å². The molecule has 0 aliphatic heterocycles. The van der Waals surface area contributed by atoms with Crippen molar-refractivity contribution in [3.63, 3.8) is 0 Å². The topological polar surface area (TPSA) is 92.7 Å². The van der Waals surface area contributed by atoms with Crippen LogP contribution in [0.3, 0.4) is 0 Å². The summed E-state index contributed by atoms with van der Waals surface area (Å²) in [5.74, 6) is -0.712. The van der Waals surface area contributed by atoms with E-state index in [4.69, 9.17) is 0 Å². The lowest BCUT2D eigenvalue weighted by molar-refractivity contribution is -0.157. The highest BCUT2D eigenvalue weighted by atomic mass is 32.2. The molecular formula is C12H17NO5S. The van der Waals surface area contributed by atoms with Crippen LogP contribution in [0.1, 0.15) is 13.8 Å². The summed E-state index contributed by atoms with van der Waals surface area (Å²) in [6.45, 7) is 2.77. The molecule has 6 nitrogen and oxygen atoms in total. The third-order valence-corrected chi connectivity index (χ3v) is 4.14. The number of methoxy groups -OCH3 is 1. The van der Waals surface area contributed by atoms with Crippen molar-refractivity contribution in [2.75, 3.05) is 7.11 Å². The zero-order valence-electron chi connectivity index (χ0n) is 11.0. The van der Waals surface area contributed by atoms with Gasteiger partial charge in [0.05, 0.1) is 12.0 Å². The van der Waals surface area contributed by atoms with Gasteiger partial charge in [0, 0.05) is 0 Å². The van der Waals surface area contributed by atoms with E-state index in [1.54, 1.807) is 18.2 Å². The zero-order chi connectivity index (χ0) is 14.7. The van der Waals surface area contributed by atoms with Crippen LogP contribution in [-0.4, -0.2) is 32.8 Å². The fourth-order valence-electron chi connectivity index (χ4n) is 1.34. The van der Waals surface area contributed by atoms with Gasteiger partial charge in [-0.25, -0.2) is 8.42 Å². The Morgan fingerprint density at radius 3 is 2.32 bits per heavy atom. The Labute approximate surface area is 112 Å². The van der Waals surface area contributed by atoms with Gasteiger partial charge in [-0.05, 0) is 26.0 Å². The molecule has 0 aliphatic carbocycles. The van der Waals surface area contributed by atoms with E-state index in [2.05, 4.69) is 9.46 Å². The van der Waals surface area contributed by atoms with Crippen LogP contribution in [0.15, 0.2) is 35.2 Å². The van der Waals surface area contributed by atoms with Gasteiger partial charge in [-0.3, -0.25) is 4.79 Å². The van der Waals surface area contributed by atoms with Gasteiger partial charge in [-0.15, -0.1) is 0 Å². The minimum Gasteiger partial charge on any atom is -0.468 e. The van der Waals surface area contributed by atoms with E-state index >= 15 is 0 Å². The molecule has 0 aromatic heterocycles. The Morgan fingerprint density at radius 1 is 1.32 bits per heavy atom. The van der Waals surface area contributed by atoms with E-state index in [0.29, 0.717) is 0 Å². The second-order valence-electron chi connectivity index (χ2n) is 4.55. The molecule has 106 valence electrons. The minimum absolute atomic E-state index is 0.00900. The van der Waals surface area contributed by atoms with Crippen molar-refractivity contribution in [2.45, 2.75) is 25.0 Å². The van der Waals surface area contributed by atoms with Gasteiger partial charge in [0.15, 0.2) is 0 Å². The summed E-state index contributed by atoms with van der Waals surface area (Å²) in [7, 11) is -2.72. The fraction of sp³-hybridized carbons (Fsp3) is 0.417. The quantitative estimate of drug-likeness (QED) is 0.607. The first-order valence-electron chi connectivity index (χ1n) is 5.55. The smallest absolute Gasteiger partial charge is 0.315 e. The molecule has 0 spiro atoms. The molecule has 0 amide bonds. The number of carbonyl (C=O) groups excluding carboxylic acids is 1. The Hall–Kier alpha value is -1.44. The first kappa shape index (κ1) is 15.6. The normalized spacial score (nSPS) is 13.9. The number of hydrogen-bond acceptors (Lipinski definition) is 5. The number of esters is 1. The maximum Gasteiger partial charge on any atom is 0.315 e. The van der Waals surface area contributed by atoms with E-state index in [1.807, 2.05) is 0 Å². The summed E-state index contributed by atoms with van der Waals surface area (Å²) >= 11 is 0. The fourth-order valence-corrected chi connectivity index (χ4v) is 2.58. The van der Waals surface area contributed by atoms with Crippen LogP contribution in [0, 0.1) is 5.41 Å². The third-order valence-electron chi connectivity index (χ3n) is 2.72. The van der Waals surface area contributed by atoms with E-state index in [1.165, 1.54) is 33.1 Å². The summed E-state index contributed by atoms with van der Waals surface area (Å²) in [5, 5.41) is 9.88. The minimum atomic E-state index is -3.89. The van der Waals surface area contributed by atoms with Crippen molar-refractivity contribution in [2.24, 2.45) is 5.41 Å². The molecule has 2 N–H and O–H groups in total. The standard InChI is InChI=1S/C12H17NO5S/c1-12(2,11(15)18-3)10(14)13-19(16,17)9-7-5-4-6-8-9/h4-8,10,13-14H,1-3H3. The number of carbonyl (C=O) groups is 1. The first-order valence-corrected chi connectivity index (χ1v) is 7.04. The third kappa shape index (κ3) is 3.52. The Kier molecular flexibility index (Phi) is 4.67. The summed E-state index contributed by atoms with van der Waals surface area (Å²) < 4.78 is 30.5. The van der Waals surface area contributed by atoms with Crippen LogP contribution in [0.25, 0.3) is 0 Å². The lowest BCUT2D eigenvalue weighted by atomic mass is 9.92. The molecule has 0 saturated heterocycles. The highest BCUT2D eigenvalue weighted by Crippen LogP contribution is 2.22. The second kappa shape index (κ2) is 5.68. The number of nitrogens with one attached hydrogen (secondary N) is 1. The number of aliphatic hydroxyl groups excluding tert-OH is 1. The molecule has 19 heavy (non-hydrogen) atoms. The maximum atomic E-state index is 12.0. The zero-order valence-corrected chi connectivity index (χ0v) is 11.8. The molecule has 0 radical (unpaired) electrons. The SMILES string of the molecule is COC(=O)C(C)(C)C(O)NS(=O)(=O)c1ccccc1. The lowest BCUT2D eigenvalue weighted by Crippen LogP contribution is -2.49. The molecule has 0 aliphatic rings. The van der Waals surface area contributed by atoms with Crippen molar-refractivity contribution >= 4 is 16.0 Å². The number of aliphatic hydroxyl groups is 1. The van der Waals surface area contributed by atoms with Crippen LogP contribution in [0.4, 0.5) is 0 Å². The van der Waals surface area contributed by atoms with Crippen molar-refractivity contribution in [3.8, 4) is 0 Å². The number of ether oxygens (including phenoxy) is 1. The van der Waals surface area contributed by atoms with E-state index in [-0.39, 0.29) is 4.90 Å². The molecule has 0 heterocycles. The van der Waals surface area contributed by atoms with Gasteiger partial charge in [-0.2, -0.15) is 4.72 Å². The van der Waals surface area contributed by atoms with E-state index < -0.39 is 27.6 Å². The van der Waals surface area contributed by atoms with Crippen LogP contribution < -0.4 is 4.72 Å². The number of sulfonamides is 1. The second-order valence-corrected chi connectivity index (χ2v) is 6.26. The van der Waals surface area contributed by atoms with E-state index in [9.17, 15) is 18.3 Å². The molecule has 1 rings (SSSR count). The highest BCUT2D eigenvalue weighted by Gasteiger charge is 2.39. The molecule has 1 atom stereocenters. The van der Waals surface area contributed by atoms with Crippen molar-refractivity contribution in [1.29, 1.82) is 0 Å². The van der Waals surface area contributed by atoms with Crippen LogP contribution in [0.5, 0.6) is 0 Å². The highest BCUT2D eigenvalue weighted by molar-refractivity contribution is 7.89. The summed E-state index contributed by atoms with van der Waals surface area (Å²) in [4.78, 5) is 11.5. The van der Waals surface area contributed by atoms with Crippen molar-refractivity contribution in [3.05, 3.63) is 30.3 Å². The van der Waals surface area contributed by atoms with Gasteiger partial charge in [0.1, 0.15) is 11.6 Å². The van der Waals surface area contributed by atoms with Crippen molar-refractivity contribution < 1.29 is 23.1 Å². The largest absolute Gasteiger partial charge is 0.468 e. The van der Waals surface area contributed by atoms with Gasteiger partial charge < -0.3 is 9.84 Å². The monoisotopic (exact) mass is 287 g/mol. The number of rotatable bonds is 5. The van der Waals surface area contributed by atoms with Crippen molar-refractivity contribution in [1.82, 2.24) is 4.72 Å². The van der Waals surface area contributed by atoms with Gasteiger partial charge >= 0.3 is 5.97 Å². The van der Waals surface area contributed by atoms with E-state index in [0.717, 1.165) is 0 Å². The lowest BCUT2D eigenvalue weighted by Gasteiger charge is -2.27. The maximum absolute atomic E-state index is 12.0. The predicted octanol–water partition coefficient (Wildman–Crippen LogP) is 0.482. The molecule has 7 heteroatoms.